The van der Waals surface area contributed by atoms with E-state index in [4.69, 9.17) is 0 Å². The van der Waals surface area contributed by atoms with E-state index in [2.05, 4.69) is 10.3 Å². The number of nitrogens with one attached hydrogen (secondary N) is 1. The molecule has 0 bridgehead atoms. The van der Waals surface area contributed by atoms with E-state index >= 15 is 0 Å². The highest BCUT2D eigenvalue weighted by Crippen LogP contribution is 2.22. The molecular weight excluding hydrogens is 288 g/mol. The quantitative estimate of drug-likeness (QED) is 0.777. The van der Waals surface area contributed by atoms with Gasteiger partial charge >= 0.3 is 0 Å². The molecule has 3 rings (SSSR count). The maximum Gasteiger partial charge on any atom is 0.256 e. The first-order chi connectivity index (χ1) is 11.2. The second-order valence-electron chi connectivity index (χ2n) is 5.47. The minimum atomic E-state index is -0.185. The van der Waals surface area contributed by atoms with Crippen LogP contribution in [0.5, 0.6) is 0 Å². The number of anilines is 1. The molecule has 3 aromatic rings. The zero-order valence-corrected chi connectivity index (χ0v) is 12.9. The van der Waals surface area contributed by atoms with Crippen LogP contribution < -0.4 is 5.32 Å². The van der Waals surface area contributed by atoms with Gasteiger partial charge < -0.3 is 10.4 Å². The highest BCUT2D eigenvalue weighted by Gasteiger charge is 2.13. The van der Waals surface area contributed by atoms with Crippen molar-refractivity contribution in [1.82, 2.24) is 4.98 Å². The summed E-state index contributed by atoms with van der Waals surface area (Å²) in [5, 5.41) is 13.1. The van der Waals surface area contributed by atoms with Crippen molar-refractivity contribution in [3.05, 3.63) is 71.4 Å². The molecule has 116 valence electrons. The molecule has 1 aromatic heterocycles. The molecule has 2 N–H and O–H groups in total. The number of aromatic nitrogens is 1. The predicted octanol–water partition coefficient (Wildman–Crippen LogP) is 3.33. The van der Waals surface area contributed by atoms with Crippen LogP contribution in [0.4, 0.5) is 5.69 Å². The summed E-state index contributed by atoms with van der Waals surface area (Å²) in [7, 11) is 0. The van der Waals surface area contributed by atoms with Crippen LogP contribution >= 0.6 is 0 Å². The summed E-state index contributed by atoms with van der Waals surface area (Å²) >= 11 is 0. The van der Waals surface area contributed by atoms with E-state index in [0.717, 1.165) is 22.0 Å². The van der Waals surface area contributed by atoms with Crippen LogP contribution in [0.15, 0.2) is 54.7 Å². The van der Waals surface area contributed by atoms with Crippen LogP contribution in [0.1, 0.15) is 21.5 Å². The van der Waals surface area contributed by atoms with Gasteiger partial charge in [0.15, 0.2) is 0 Å². The Kier molecular flexibility index (Phi) is 4.35. The normalized spacial score (nSPS) is 10.7. The average Bonchev–Trinajstić information content (AvgIpc) is 2.57. The van der Waals surface area contributed by atoms with Crippen LogP contribution in [0.3, 0.4) is 0 Å². The third kappa shape index (κ3) is 3.22. The number of aliphatic hydroxyl groups excluding tert-OH is 1. The fourth-order valence-corrected chi connectivity index (χ4v) is 2.63. The molecule has 0 aliphatic rings. The molecule has 0 spiro atoms. The highest BCUT2D eigenvalue weighted by atomic mass is 16.3. The van der Waals surface area contributed by atoms with Gasteiger partial charge in [0.05, 0.1) is 11.2 Å². The molecule has 4 heteroatoms. The smallest absolute Gasteiger partial charge is 0.256 e. The molecule has 0 saturated carbocycles. The number of amides is 1. The molecule has 2 aromatic carbocycles. The van der Waals surface area contributed by atoms with Gasteiger partial charge in [-0.1, -0.05) is 35.9 Å². The Balaban J connectivity index is 1.97. The largest absolute Gasteiger partial charge is 0.396 e. The predicted molar refractivity (Wildman–Crippen MR) is 91.7 cm³/mol. The minimum Gasteiger partial charge on any atom is -0.396 e. The Morgan fingerprint density at radius 2 is 2.00 bits per heavy atom. The van der Waals surface area contributed by atoms with Gasteiger partial charge in [-0.2, -0.15) is 0 Å². The van der Waals surface area contributed by atoms with Gasteiger partial charge in [0, 0.05) is 23.8 Å². The van der Waals surface area contributed by atoms with Crippen molar-refractivity contribution in [3.8, 4) is 0 Å². The molecule has 0 fully saturated rings. The van der Waals surface area contributed by atoms with E-state index in [-0.39, 0.29) is 12.5 Å². The lowest BCUT2D eigenvalue weighted by Gasteiger charge is -2.12. The molecule has 0 aliphatic heterocycles. The van der Waals surface area contributed by atoms with Gasteiger partial charge in [0.2, 0.25) is 0 Å². The molecule has 23 heavy (non-hydrogen) atoms. The number of pyridine rings is 1. The summed E-state index contributed by atoms with van der Waals surface area (Å²) in [4.78, 5) is 17.0. The maximum atomic E-state index is 12.7. The van der Waals surface area contributed by atoms with E-state index in [1.807, 2.05) is 55.5 Å². The number of para-hydroxylation sites is 1. The van der Waals surface area contributed by atoms with Gasteiger partial charge in [-0.3, -0.25) is 9.78 Å². The zero-order valence-electron chi connectivity index (χ0n) is 12.9. The van der Waals surface area contributed by atoms with E-state index in [1.54, 1.807) is 6.20 Å². The van der Waals surface area contributed by atoms with E-state index in [9.17, 15) is 9.90 Å². The van der Waals surface area contributed by atoms with Crippen molar-refractivity contribution in [2.24, 2.45) is 0 Å². The van der Waals surface area contributed by atoms with E-state index < -0.39 is 0 Å². The van der Waals surface area contributed by atoms with Crippen molar-refractivity contribution in [2.75, 3.05) is 11.9 Å². The molecule has 4 nitrogen and oxygen atoms in total. The van der Waals surface area contributed by atoms with E-state index in [1.165, 1.54) is 0 Å². The second kappa shape index (κ2) is 6.58. The minimum absolute atomic E-state index is 0.0131. The molecule has 0 radical (unpaired) electrons. The fraction of sp³-hybridized carbons (Fsp3) is 0.158. The first-order valence-electron chi connectivity index (χ1n) is 7.54. The Bertz CT molecular complexity index is 854. The number of aliphatic hydroxyl groups is 1. The van der Waals surface area contributed by atoms with Crippen LogP contribution in [0.2, 0.25) is 0 Å². The Hall–Kier alpha value is -2.72. The summed E-state index contributed by atoms with van der Waals surface area (Å²) in [6.45, 7) is 1.96. The van der Waals surface area contributed by atoms with E-state index in [0.29, 0.717) is 17.7 Å². The maximum absolute atomic E-state index is 12.7. The lowest BCUT2D eigenvalue weighted by atomic mass is 10.0. The summed E-state index contributed by atoms with van der Waals surface area (Å²) in [5.74, 6) is -0.185. The molecule has 0 unspecified atom stereocenters. The molecule has 0 atom stereocenters. The number of hydrogen-bond donors (Lipinski definition) is 2. The van der Waals surface area contributed by atoms with Gasteiger partial charge in [0.1, 0.15) is 0 Å². The van der Waals surface area contributed by atoms with Gasteiger partial charge in [-0.05, 0) is 37.1 Å². The fourth-order valence-electron chi connectivity index (χ4n) is 2.63. The monoisotopic (exact) mass is 306 g/mol. The highest BCUT2D eigenvalue weighted by molar-refractivity contribution is 6.09. The van der Waals surface area contributed by atoms with Gasteiger partial charge in [0.25, 0.3) is 5.91 Å². The first-order valence-corrected chi connectivity index (χ1v) is 7.54. The molecular formula is C19H18N2O2. The van der Waals surface area contributed by atoms with Crippen LogP contribution in [-0.4, -0.2) is 22.6 Å². The van der Waals surface area contributed by atoms with Crippen molar-refractivity contribution >= 4 is 22.5 Å². The van der Waals surface area contributed by atoms with Crippen molar-refractivity contribution in [2.45, 2.75) is 13.3 Å². The number of carbonyl (C=O) groups is 1. The average molecular weight is 306 g/mol. The number of aryl methyl sites for hydroxylation is 1. The summed E-state index contributed by atoms with van der Waals surface area (Å²) < 4.78 is 0. The third-order valence-electron chi connectivity index (χ3n) is 3.77. The Labute approximate surface area is 134 Å². The number of fused-ring (bicyclic) bond motifs is 1. The Morgan fingerprint density at radius 3 is 2.83 bits per heavy atom. The number of nitrogens with zero attached hydrogens (tertiary/aromatic N) is 1. The molecule has 0 aliphatic carbocycles. The number of hydrogen-bond acceptors (Lipinski definition) is 3. The lowest BCUT2D eigenvalue weighted by molar-refractivity contribution is 0.102. The standard InChI is InChI=1S/C19H18N2O2/c1-13-7-8-14(9-11-22)16(12-13)19(23)21-17-6-2-4-15-5-3-10-20-18(15)17/h2-8,10,12,22H,9,11H2,1H3,(H,21,23). The summed E-state index contributed by atoms with van der Waals surface area (Å²) in [6, 6.07) is 15.2. The lowest BCUT2D eigenvalue weighted by Crippen LogP contribution is -2.15. The zero-order chi connectivity index (χ0) is 16.2. The topological polar surface area (TPSA) is 62.2 Å². The van der Waals surface area contributed by atoms with Gasteiger partial charge in [-0.15, -0.1) is 0 Å². The van der Waals surface area contributed by atoms with Crippen LogP contribution in [-0.2, 0) is 6.42 Å². The number of rotatable bonds is 4. The van der Waals surface area contributed by atoms with Crippen molar-refractivity contribution < 1.29 is 9.90 Å². The van der Waals surface area contributed by atoms with Crippen LogP contribution in [0, 0.1) is 6.92 Å². The molecule has 1 heterocycles. The summed E-state index contributed by atoms with van der Waals surface area (Å²) in [5.41, 5.74) is 3.88. The third-order valence-corrected chi connectivity index (χ3v) is 3.77. The van der Waals surface area contributed by atoms with Gasteiger partial charge in [-0.25, -0.2) is 0 Å². The SMILES string of the molecule is Cc1ccc(CCO)c(C(=O)Nc2cccc3cccnc23)c1. The van der Waals surface area contributed by atoms with Crippen molar-refractivity contribution in [1.29, 1.82) is 0 Å². The molecule has 1 amide bonds. The van der Waals surface area contributed by atoms with Crippen molar-refractivity contribution in [3.63, 3.8) is 0 Å². The number of benzene rings is 2. The van der Waals surface area contributed by atoms with Crippen LogP contribution in [0.25, 0.3) is 10.9 Å². The second-order valence-corrected chi connectivity index (χ2v) is 5.47. The Morgan fingerprint density at radius 1 is 1.17 bits per heavy atom. The first kappa shape index (κ1) is 15.2. The number of carbonyl (C=O) groups excluding carboxylic acids is 1. The molecule has 0 saturated heterocycles. The summed E-state index contributed by atoms with van der Waals surface area (Å²) in [6.07, 6.45) is 2.17.